The van der Waals surface area contributed by atoms with E-state index in [9.17, 15) is 4.79 Å². The number of nitrogens with zero attached hydrogens (tertiary/aromatic N) is 4. The standard InChI is InChI=1S/C15H12N4O2/c20-15-19(11-4-8-12-6-2-1-3-7-12)14(18-21-15)13-16-9-5-10-17-13/h1-10H,11H2/b8-4+. The lowest BCUT2D eigenvalue weighted by atomic mass is 10.2. The highest BCUT2D eigenvalue weighted by molar-refractivity contribution is 5.49. The van der Waals surface area contributed by atoms with Gasteiger partial charge in [0.1, 0.15) is 0 Å². The Morgan fingerprint density at radius 2 is 1.86 bits per heavy atom. The molecule has 6 heteroatoms. The number of hydrogen-bond donors (Lipinski definition) is 0. The van der Waals surface area contributed by atoms with E-state index >= 15 is 0 Å². The molecule has 21 heavy (non-hydrogen) atoms. The first-order chi connectivity index (χ1) is 10.3. The van der Waals surface area contributed by atoms with Gasteiger partial charge in [0, 0.05) is 18.9 Å². The van der Waals surface area contributed by atoms with E-state index in [4.69, 9.17) is 4.52 Å². The molecule has 0 fully saturated rings. The SMILES string of the molecule is O=c1onc(-c2ncccn2)n1C/C=C/c1ccccc1. The molecule has 104 valence electrons. The molecule has 2 heterocycles. The van der Waals surface area contributed by atoms with Gasteiger partial charge in [-0.3, -0.25) is 4.52 Å². The van der Waals surface area contributed by atoms with Crippen LogP contribution in [0.3, 0.4) is 0 Å². The molecule has 0 saturated heterocycles. The molecule has 0 radical (unpaired) electrons. The van der Waals surface area contributed by atoms with Crippen LogP contribution in [0.5, 0.6) is 0 Å². The van der Waals surface area contributed by atoms with Crippen LogP contribution in [-0.4, -0.2) is 19.7 Å². The van der Waals surface area contributed by atoms with Crippen LogP contribution >= 0.6 is 0 Å². The van der Waals surface area contributed by atoms with Crippen molar-refractivity contribution in [3.8, 4) is 11.6 Å². The maximum atomic E-state index is 11.7. The summed E-state index contributed by atoms with van der Waals surface area (Å²) in [7, 11) is 0. The van der Waals surface area contributed by atoms with Gasteiger partial charge in [0.15, 0.2) is 5.82 Å². The van der Waals surface area contributed by atoms with Crippen LogP contribution < -0.4 is 5.76 Å². The molecule has 0 aliphatic rings. The molecule has 2 aromatic heterocycles. The summed E-state index contributed by atoms with van der Waals surface area (Å²) in [5.74, 6) is 0.143. The molecular formula is C15H12N4O2. The molecular weight excluding hydrogens is 268 g/mol. The lowest BCUT2D eigenvalue weighted by Crippen LogP contribution is -2.15. The molecule has 0 aliphatic heterocycles. The van der Waals surface area contributed by atoms with Gasteiger partial charge in [-0.1, -0.05) is 47.6 Å². The van der Waals surface area contributed by atoms with Crippen LogP contribution in [0.2, 0.25) is 0 Å². The first-order valence-corrected chi connectivity index (χ1v) is 6.40. The minimum absolute atomic E-state index is 0.318. The Hall–Kier alpha value is -3.02. The van der Waals surface area contributed by atoms with Crippen molar-refractivity contribution in [3.05, 3.63) is 71.0 Å². The van der Waals surface area contributed by atoms with Crippen molar-refractivity contribution in [2.24, 2.45) is 0 Å². The van der Waals surface area contributed by atoms with Crippen molar-refractivity contribution < 1.29 is 4.52 Å². The lowest BCUT2D eigenvalue weighted by Gasteiger charge is -1.99. The lowest BCUT2D eigenvalue weighted by molar-refractivity contribution is 0.378. The van der Waals surface area contributed by atoms with Crippen LogP contribution in [0.25, 0.3) is 17.7 Å². The second-order valence-electron chi connectivity index (χ2n) is 4.27. The maximum Gasteiger partial charge on any atom is 0.442 e. The Morgan fingerprint density at radius 1 is 1.10 bits per heavy atom. The Kier molecular flexibility index (Phi) is 3.68. The zero-order valence-corrected chi connectivity index (χ0v) is 11.1. The zero-order chi connectivity index (χ0) is 14.5. The fourth-order valence-corrected chi connectivity index (χ4v) is 1.86. The minimum atomic E-state index is -0.532. The summed E-state index contributed by atoms with van der Waals surface area (Å²) in [6, 6.07) is 11.5. The first-order valence-electron chi connectivity index (χ1n) is 6.40. The smallest absolute Gasteiger partial charge is 0.295 e. The Balaban J connectivity index is 1.85. The Bertz CT molecular complexity index is 791. The van der Waals surface area contributed by atoms with Crippen molar-refractivity contribution in [2.75, 3.05) is 0 Å². The quantitative estimate of drug-likeness (QED) is 0.730. The minimum Gasteiger partial charge on any atom is -0.295 e. The summed E-state index contributed by atoms with van der Waals surface area (Å²) in [6.07, 6.45) is 6.96. The zero-order valence-electron chi connectivity index (χ0n) is 11.1. The van der Waals surface area contributed by atoms with E-state index in [2.05, 4.69) is 15.1 Å². The second kappa shape index (κ2) is 5.96. The molecule has 0 spiro atoms. The van der Waals surface area contributed by atoms with Gasteiger partial charge >= 0.3 is 5.76 Å². The summed E-state index contributed by atoms with van der Waals surface area (Å²) >= 11 is 0. The fourth-order valence-electron chi connectivity index (χ4n) is 1.86. The largest absolute Gasteiger partial charge is 0.442 e. The van der Waals surface area contributed by atoms with E-state index in [0.29, 0.717) is 18.2 Å². The normalized spacial score (nSPS) is 11.0. The monoisotopic (exact) mass is 280 g/mol. The Morgan fingerprint density at radius 3 is 2.62 bits per heavy atom. The van der Waals surface area contributed by atoms with Crippen LogP contribution in [-0.2, 0) is 6.54 Å². The predicted molar refractivity (Wildman–Crippen MR) is 77.3 cm³/mol. The molecule has 6 nitrogen and oxygen atoms in total. The van der Waals surface area contributed by atoms with Crippen molar-refractivity contribution in [1.82, 2.24) is 19.7 Å². The first kappa shape index (κ1) is 13.0. The highest BCUT2D eigenvalue weighted by atomic mass is 16.5. The Labute approximate surface area is 120 Å². The van der Waals surface area contributed by atoms with Gasteiger partial charge in [0.2, 0.25) is 5.82 Å². The molecule has 3 aromatic rings. The van der Waals surface area contributed by atoms with E-state index in [1.807, 2.05) is 42.5 Å². The third-order valence-electron chi connectivity index (χ3n) is 2.85. The van der Waals surface area contributed by atoms with E-state index in [-0.39, 0.29) is 0 Å². The van der Waals surface area contributed by atoms with Gasteiger partial charge in [-0.25, -0.2) is 19.3 Å². The topological polar surface area (TPSA) is 73.8 Å². The van der Waals surface area contributed by atoms with E-state index < -0.39 is 5.76 Å². The number of benzene rings is 1. The molecule has 0 unspecified atom stereocenters. The molecule has 0 atom stereocenters. The molecule has 0 amide bonds. The third-order valence-corrected chi connectivity index (χ3v) is 2.85. The maximum absolute atomic E-state index is 11.7. The summed E-state index contributed by atoms with van der Waals surface area (Å²) in [5, 5.41) is 3.73. The highest BCUT2D eigenvalue weighted by Crippen LogP contribution is 2.09. The van der Waals surface area contributed by atoms with Gasteiger partial charge in [0.05, 0.1) is 0 Å². The molecule has 1 aromatic carbocycles. The average molecular weight is 280 g/mol. The summed E-state index contributed by atoms with van der Waals surface area (Å²) in [6.45, 7) is 0.338. The third kappa shape index (κ3) is 2.94. The van der Waals surface area contributed by atoms with Crippen LogP contribution in [0, 0.1) is 0 Å². The van der Waals surface area contributed by atoms with Crippen molar-refractivity contribution in [2.45, 2.75) is 6.54 Å². The van der Waals surface area contributed by atoms with Crippen molar-refractivity contribution >= 4 is 6.08 Å². The molecule has 0 bridgehead atoms. The molecule has 0 aliphatic carbocycles. The number of allylic oxidation sites excluding steroid dienone is 1. The summed E-state index contributed by atoms with van der Waals surface area (Å²) < 4.78 is 6.08. The summed E-state index contributed by atoms with van der Waals surface area (Å²) in [5.41, 5.74) is 1.06. The van der Waals surface area contributed by atoms with E-state index in [0.717, 1.165) is 5.56 Å². The van der Waals surface area contributed by atoms with Gasteiger partial charge in [-0.05, 0) is 11.6 Å². The molecule has 0 N–H and O–H groups in total. The van der Waals surface area contributed by atoms with Crippen molar-refractivity contribution in [3.63, 3.8) is 0 Å². The number of rotatable bonds is 4. The van der Waals surface area contributed by atoms with Gasteiger partial charge in [-0.2, -0.15) is 0 Å². The summed E-state index contributed by atoms with van der Waals surface area (Å²) in [4.78, 5) is 19.8. The molecule has 0 saturated carbocycles. The van der Waals surface area contributed by atoms with Crippen molar-refractivity contribution in [1.29, 1.82) is 0 Å². The van der Waals surface area contributed by atoms with E-state index in [1.165, 1.54) is 4.57 Å². The number of aromatic nitrogens is 4. The average Bonchev–Trinajstić information content (AvgIpc) is 2.91. The van der Waals surface area contributed by atoms with Gasteiger partial charge < -0.3 is 0 Å². The predicted octanol–water partition coefficient (Wildman–Crippen LogP) is 2.01. The van der Waals surface area contributed by atoms with Gasteiger partial charge in [0.25, 0.3) is 0 Å². The van der Waals surface area contributed by atoms with Gasteiger partial charge in [-0.15, -0.1) is 0 Å². The van der Waals surface area contributed by atoms with Crippen LogP contribution in [0.1, 0.15) is 5.56 Å². The van der Waals surface area contributed by atoms with E-state index in [1.54, 1.807) is 18.5 Å². The fraction of sp³-hybridized carbons (Fsp3) is 0.0667. The number of hydrogen-bond acceptors (Lipinski definition) is 5. The second-order valence-corrected chi connectivity index (χ2v) is 4.27. The highest BCUT2D eigenvalue weighted by Gasteiger charge is 2.13. The van der Waals surface area contributed by atoms with Crippen LogP contribution in [0.4, 0.5) is 0 Å². The van der Waals surface area contributed by atoms with Crippen LogP contribution in [0.15, 0.2) is 64.2 Å². The molecule has 3 rings (SSSR count).